The number of amides is 1. The molecule has 2 heterocycles. The molecule has 0 atom stereocenters. The van der Waals surface area contributed by atoms with Crippen LogP contribution in [0.1, 0.15) is 31.7 Å². The SMILES string of the molecule is CCCCN(C)CCC(=O)Nc1c(C#N)cnn1-c1ccccn1. The first kappa shape index (κ1) is 17.6. The zero-order chi connectivity index (χ0) is 17.4. The van der Waals surface area contributed by atoms with Gasteiger partial charge in [-0.15, -0.1) is 0 Å². The van der Waals surface area contributed by atoms with Crippen LogP contribution in [0, 0.1) is 11.3 Å². The molecule has 0 aliphatic heterocycles. The number of hydrogen-bond donors (Lipinski definition) is 1. The summed E-state index contributed by atoms with van der Waals surface area (Å²) in [7, 11) is 2.00. The highest BCUT2D eigenvalue weighted by Crippen LogP contribution is 2.18. The van der Waals surface area contributed by atoms with Gasteiger partial charge in [0.1, 0.15) is 11.6 Å². The summed E-state index contributed by atoms with van der Waals surface area (Å²) in [5.74, 6) is 0.763. The number of nitriles is 1. The molecule has 0 aliphatic carbocycles. The molecule has 2 aromatic heterocycles. The van der Waals surface area contributed by atoms with E-state index in [0.29, 0.717) is 30.2 Å². The van der Waals surface area contributed by atoms with Gasteiger partial charge in [-0.05, 0) is 32.1 Å². The molecule has 24 heavy (non-hydrogen) atoms. The molecule has 0 spiro atoms. The Balaban J connectivity index is 2.05. The van der Waals surface area contributed by atoms with Gasteiger partial charge in [0.2, 0.25) is 5.91 Å². The van der Waals surface area contributed by atoms with Gasteiger partial charge in [0.25, 0.3) is 0 Å². The van der Waals surface area contributed by atoms with E-state index in [1.54, 1.807) is 18.3 Å². The molecule has 126 valence electrons. The van der Waals surface area contributed by atoms with Crippen LogP contribution < -0.4 is 5.32 Å². The molecule has 0 aliphatic rings. The van der Waals surface area contributed by atoms with Gasteiger partial charge in [0.15, 0.2) is 11.6 Å². The van der Waals surface area contributed by atoms with Crippen LogP contribution in [0.3, 0.4) is 0 Å². The number of carbonyl (C=O) groups excluding carboxylic acids is 1. The Kier molecular flexibility index (Phi) is 6.46. The van der Waals surface area contributed by atoms with Gasteiger partial charge in [-0.3, -0.25) is 4.79 Å². The Bertz CT molecular complexity index is 704. The van der Waals surface area contributed by atoms with Crippen LogP contribution in [0.2, 0.25) is 0 Å². The van der Waals surface area contributed by atoms with Crippen LogP contribution >= 0.6 is 0 Å². The van der Waals surface area contributed by atoms with Crippen molar-refractivity contribution in [1.82, 2.24) is 19.7 Å². The summed E-state index contributed by atoms with van der Waals surface area (Å²) in [6, 6.07) is 7.43. The van der Waals surface area contributed by atoms with E-state index in [1.165, 1.54) is 10.9 Å². The number of unbranched alkanes of at least 4 members (excludes halogenated alkanes) is 1. The third-order valence-corrected chi connectivity index (χ3v) is 3.63. The fourth-order valence-corrected chi connectivity index (χ4v) is 2.23. The van der Waals surface area contributed by atoms with Crippen LogP contribution in [-0.2, 0) is 4.79 Å². The van der Waals surface area contributed by atoms with Crippen LogP contribution in [0.25, 0.3) is 5.82 Å². The second kappa shape index (κ2) is 8.79. The van der Waals surface area contributed by atoms with Crippen molar-refractivity contribution < 1.29 is 4.79 Å². The zero-order valence-corrected chi connectivity index (χ0v) is 14.1. The minimum atomic E-state index is -0.146. The fraction of sp³-hybridized carbons (Fsp3) is 0.412. The molecule has 7 nitrogen and oxygen atoms in total. The fourth-order valence-electron chi connectivity index (χ4n) is 2.23. The van der Waals surface area contributed by atoms with E-state index < -0.39 is 0 Å². The van der Waals surface area contributed by atoms with Gasteiger partial charge in [0.05, 0.1) is 6.20 Å². The summed E-state index contributed by atoms with van der Waals surface area (Å²) in [6.07, 6.45) is 5.67. The molecule has 2 rings (SSSR count). The number of hydrogen-bond acceptors (Lipinski definition) is 5. The highest BCUT2D eigenvalue weighted by atomic mass is 16.1. The standard InChI is InChI=1S/C17H22N6O/c1-3-4-10-22(2)11-8-16(24)21-17-14(12-18)13-20-23(17)15-7-5-6-9-19-15/h5-7,9,13H,3-4,8,10-11H2,1-2H3,(H,21,24). The number of rotatable bonds is 8. The molecule has 2 aromatic rings. The Hall–Kier alpha value is -2.72. The van der Waals surface area contributed by atoms with Crippen molar-refractivity contribution in [3.05, 3.63) is 36.2 Å². The Labute approximate surface area is 141 Å². The number of nitrogens with zero attached hydrogens (tertiary/aromatic N) is 5. The highest BCUT2D eigenvalue weighted by Gasteiger charge is 2.15. The first-order valence-electron chi connectivity index (χ1n) is 8.03. The maximum Gasteiger partial charge on any atom is 0.226 e. The topological polar surface area (TPSA) is 86.8 Å². The molecule has 0 saturated carbocycles. The smallest absolute Gasteiger partial charge is 0.226 e. The van der Waals surface area contributed by atoms with Crippen LogP contribution in [0.4, 0.5) is 5.82 Å². The van der Waals surface area contributed by atoms with E-state index in [2.05, 4.69) is 27.2 Å². The van der Waals surface area contributed by atoms with Gasteiger partial charge in [-0.2, -0.15) is 15.0 Å². The van der Waals surface area contributed by atoms with Crippen molar-refractivity contribution in [2.24, 2.45) is 0 Å². The number of anilines is 1. The summed E-state index contributed by atoms with van der Waals surface area (Å²) in [5, 5.41) is 16.2. The van der Waals surface area contributed by atoms with Gasteiger partial charge in [-0.1, -0.05) is 19.4 Å². The predicted molar refractivity (Wildman–Crippen MR) is 91.7 cm³/mol. The maximum atomic E-state index is 12.2. The van der Waals surface area contributed by atoms with E-state index in [4.69, 9.17) is 0 Å². The minimum absolute atomic E-state index is 0.146. The quantitative estimate of drug-likeness (QED) is 0.803. The van der Waals surface area contributed by atoms with Crippen molar-refractivity contribution >= 4 is 11.7 Å². The zero-order valence-electron chi connectivity index (χ0n) is 14.1. The van der Waals surface area contributed by atoms with E-state index in [1.807, 2.05) is 19.2 Å². The van der Waals surface area contributed by atoms with Crippen LogP contribution in [0.15, 0.2) is 30.6 Å². The van der Waals surface area contributed by atoms with Crippen LogP contribution in [-0.4, -0.2) is 45.7 Å². The van der Waals surface area contributed by atoms with Crippen molar-refractivity contribution in [2.45, 2.75) is 26.2 Å². The number of carbonyl (C=O) groups is 1. The van der Waals surface area contributed by atoms with Crippen molar-refractivity contribution in [3.63, 3.8) is 0 Å². The van der Waals surface area contributed by atoms with E-state index in [0.717, 1.165) is 19.4 Å². The lowest BCUT2D eigenvalue weighted by molar-refractivity contribution is -0.116. The third kappa shape index (κ3) is 4.64. The molecule has 1 N–H and O–H groups in total. The second-order valence-corrected chi connectivity index (χ2v) is 5.57. The molecular weight excluding hydrogens is 304 g/mol. The molecular formula is C17H22N6O. The summed E-state index contributed by atoms with van der Waals surface area (Å²) < 4.78 is 1.47. The van der Waals surface area contributed by atoms with Gasteiger partial charge < -0.3 is 10.2 Å². The molecule has 0 saturated heterocycles. The first-order chi connectivity index (χ1) is 11.7. The summed E-state index contributed by atoms with van der Waals surface area (Å²) in [5.41, 5.74) is 0.313. The maximum absolute atomic E-state index is 12.2. The lowest BCUT2D eigenvalue weighted by Gasteiger charge is -2.15. The summed E-state index contributed by atoms with van der Waals surface area (Å²) >= 11 is 0. The Morgan fingerprint density at radius 2 is 2.25 bits per heavy atom. The van der Waals surface area contributed by atoms with Gasteiger partial charge in [0, 0.05) is 19.2 Å². The Morgan fingerprint density at radius 3 is 2.92 bits per heavy atom. The molecule has 0 unspecified atom stereocenters. The lowest BCUT2D eigenvalue weighted by atomic mass is 10.3. The predicted octanol–water partition coefficient (Wildman–Crippen LogP) is 2.20. The largest absolute Gasteiger partial charge is 0.309 e. The lowest BCUT2D eigenvalue weighted by Crippen LogP contribution is -2.26. The molecule has 0 bridgehead atoms. The molecule has 1 amide bonds. The normalized spacial score (nSPS) is 10.6. The second-order valence-electron chi connectivity index (χ2n) is 5.57. The number of pyridine rings is 1. The van der Waals surface area contributed by atoms with E-state index >= 15 is 0 Å². The third-order valence-electron chi connectivity index (χ3n) is 3.63. The monoisotopic (exact) mass is 326 g/mol. The molecule has 0 radical (unpaired) electrons. The van der Waals surface area contributed by atoms with Crippen molar-refractivity contribution in [3.8, 4) is 11.9 Å². The average molecular weight is 326 g/mol. The van der Waals surface area contributed by atoms with E-state index in [9.17, 15) is 10.1 Å². The Morgan fingerprint density at radius 1 is 1.42 bits per heavy atom. The number of nitrogens with one attached hydrogen (secondary N) is 1. The molecule has 0 fully saturated rings. The van der Waals surface area contributed by atoms with Crippen molar-refractivity contribution in [2.75, 3.05) is 25.5 Å². The summed E-state index contributed by atoms with van der Waals surface area (Å²) in [4.78, 5) is 18.6. The summed E-state index contributed by atoms with van der Waals surface area (Å²) in [6.45, 7) is 3.78. The molecule has 0 aromatic carbocycles. The molecule has 7 heteroatoms. The van der Waals surface area contributed by atoms with Crippen molar-refractivity contribution in [1.29, 1.82) is 5.26 Å². The number of aromatic nitrogens is 3. The van der Waals surface area contributed by atoms with Crippen LogP contribution in [0.5, 0.6) is 0 Å². The van der Waals surface area contributed by atoms with Gasteiger partial charge >= 0.3 is 0 Å². The average Bonchev–Trinajstić information content (AvgIpc) is 3.01. The van der Waals surface area contributed by atoms with Gasteiger partial charge in [-0.25, -0.2) is 4.98 Å². The first-order valence-corrected chi connectivity index (χ1v) is 8.03. The highest BCUT2D eigenvalue weighted by molar-refractivity contribution is 5.91. The minimum Gasteiger partial charge on any atom is -0.309 e. The van der Waals surface area contributed by atoms with E-state index in [-0.39, 0.29) is 5.91 Å².